The van der Waals surface area contributed by atoms with E-state index in [1.54, 1.807) is 0 Å². The van der Waals surface area contributed by atoms with Gasteiger partial charge in [-0.15, -0.1) is 0 Å². The monoisotopic (exact) mass is 302 g/mol. The van der Waals surface area contributed by atoms with Gasteiger partial charge in [0.1, 0.15) is 0 Å². The minimum atomic E-state index is 0.445. The van der Waals surface area contributed by atoms with Crippen LogP contribution in [0.2, 0.25) is 0 Å². The predicted molar refractivity (Wildman–Crippen MR) is 95.8 cm³/mol. The van der Waals surface area contributed by atoms with Gasteiger partial charge < -0.3 is 4.90 Å². The summed E-state index contributed by atoms with van der Waals surface area (Å²) in [6.07, 6.45) is 4.26. The Morgan fingerprint density at radius 2 is 1.70 bits per heavy atom. The first kappa shape index (κ1) is 14.4. The van der Waals surface area contributed by atoms with Crippen LogP contribution >= 0.6 is 0 Å². The molecule has 3 aromatic rings. The predicted octanol–water partition coefficient (Wildman–Crippen LogP) is 4.24. The van der Waals surface area contributed by atoms with Gasteiger partial charge in [0.25, 0.3) is 0 Å². The van der Waals surface area contributed by atoms with Crippen LogP contribution in [0.25, 0.3) is 10.9 Å². The Kier molecular flexibility index (Phi) is 3.62. The number of fused-ring (bicyclic) bond motifs is 2. The van der Waals surface area contributed by atoms with Gasteiger partial charge in [0.2, 0.25) is 0 Å². The second kappa shape index (κ2) is 5.78. The number of pyridine rings is 1. The molecule has 1 aromatic heterocycles. The van der Waals surface area contributed by atoms with Crippen molar-refractivity contribution in [2.45, 2.75) is 24.8 Å². The van der Waals surface area contributed by atoms with E-state index in [-0.39, 0.29) is 0 Å². The molecule has 2 aromatic carbocycles. The molecule has 2 unspecified atom stereocenters. The van der Waals surface area contributed by atoms with Crippen molar-refractivity contribution in [1.82, 2.24) is 9.88 Å². The van der Waals surface area contributed by atoms with Gasteiger partial charge in [0.05, 0.1) is 5.52 Å². The van der Waals surface area contributed by atoms with E-state index < -0.39 is 0 Å². The molecule has 0 saturated heterocycles. The number of hydrogen-bond acceptors (Lipinski definition) is 2. The van der Waals surface area contributed by atoms with Crippen molar-refractivity contribution < 1.29 is 0 Å². The Morgan fingerprint density at radius 3 is 2.57 bits per heavy atom. The molecule has 0 spiro atoms. The van der Waals surface area contributed by atoms with Gasteiger partial charge in [0.15, 0.2) is 0 Å². The molecule has 116 valence electrons. The summed E-state index contributed by atoms with van der Waals surface area (Å²) in [6.45, 7) is 0. The standard InChI is InChI=1S/C21H22N2/c1-23(2)16-13-15-7-3-4-8-17(15)20(14-16)18-11-12-22-21-10-6-5-9-19(18)21/h3-12,16,20H,13-14H2,1-2H3. The van der Waals surface area contributed by atoms with Crippen molar-refractivity contribution in [2.24, 2.45) is 0 Å². The van der Waals surface area contributed by atoms with E-state index in [1.165, 1.54) is 22.1 Å². The molecule has 0 amide bonds. The van der Waals surface area contributed by atoms with E-state index in [4.69, 9.17) is 0 Å². The van der Waals surface area contributed by atoms with Crippen molar-refractivity contribution in [1.29, 1.82) is 0 Å². The summed E-state index contributed by atoms with van der Waals surface area (Å²) in [4.78, 5) is 6.90. The zero-order valence-corrected chi connectivity index (χ0v) is 13.7. The Morgan fingerprint density at radius 1 is 0.913 bits per heavy atom. The zero-order valence-electron chi connectivity index (χ0n) is 13.7. The smallest absolute Gasteiger partial charge is 0.0704 e. The van der Waals surface area contributed by atoms with E-state index in [0.717, 1.165) is 18.4 Å². The molecule has 1 aliphatic carbocycles. The van der Waals surface area contributed by atoms with Crippen LogP contribution in [0.4, 0.5) is 0 Å². The maximum Gasteiger partial charge on any atom is 0.0704 e. The lowest BCUT2D eigenvalue weighted by Gasteiger charge is -2.36. The molecule has 0 fully saturated rings. The van der Waals surface area contributed by atoms with Crippen LogP contribution in [0, 0.1) is 0 Å². The summed E-state index contributed by atoms with van der Waals surface area (Å²) in [6, 6.07) is 20.2. The van der Waals surface area contributed by atoms with E-state index in [0.29, 0.717) is 12.0 Å². The molecule has 1 aliphatic rings. The van der Waals surface area contributed by atoms with E-state index >= 15 is 0 Å². The van der Waals surface area contributed by atoms with Gasteiger partial charge in [-0.05, 0) is 55.8 Å². The number of rotatable bonds is 2. The summed E-state index contributed by atoms with van der Waals surface area (Å²) in [5.41, 5.74) is 5.48. The summed E-state index contributed by atoms with van der Waals surface area (Å²) in [7, 11) is 4.39. The number of likely N-dealkylation sites (N-methyl/N-ethyl adjacent to an activating group) is 1. The minimum Gasteiger partial charge on any atom is -0.306 e. The largest absolute Gasteiger partial charge is 0.306 e. The van der Waals surface area contributed by atoms with Crippen molar-refractivity contribution in [3.05, 3.63) is 77.5 Å². The van der Waals surface area contributed by atoms with Gasteiger partial charge in [-0.2, -0.15) is 0 Å². The first-order valence-electron chi connectivity index (χ1n) is 8.32. The van der Waals surface area contributed by atoms with Crippen LogP contribution in [-0.4, -0.2) is 30.0 Å². The van der Waals surface area contributed by atoms with Gasteiger partial charge >= 0.3 is 0 Å². The Bertz CT molecular complexity index is 833. The zero-order chi connectivity index (χ0) is 15.8. The van der Waals surface area contributed by atoms with Crippen LogP contribution < -0.4 is 0 Å². The Labute approximate surface area is 137 Å². The number of hydrogen-bond donors (Lipinski definition) is 0. The molecule has 0 saturated carbocycles. The van der Waals surface area contributed by atoms with Crippen LogP contribution in [0.3, 0.4) is 0 Å². The highest BCUT2D eigenvalue weighted by atomic mass is 15.1. The minimum absolute atomic E-state index is 0.445. The Balaban J connectivity index is 1.89. The highest BCUT2D eigenvalue weighted by Gasteiger charge is 2.29. The highest BCUT2D eigenvalue weighted by molar-refractivity contribution is 5.83. The van der Waals surface area contributed by atoms with E-state index in [1.807, 2.05) is 6.20 Å². The number of aromatic nitrogens is 1. The van der Waals surface area contributed by atoms with Gasteiger partial charge in [-0.1, -0.05) is 42.5 Å². The Hall–Kier alpha value is -2.19. The fourth-order valence-electron chi connectivity index (χ4n) is 3.91. The first-order chi connectivity index (χ1) is 11.2. The quantitative estimate of drug-likeness (QED) is 0.704. The lowest BCUT2D eigenvalue weighted by Crippen LogP contribution is -2.35. The van der Waals surface area contributed by atoms with Crippen LogP contribution in [0.15, 0.2) is 60.8 Å². The molecule has 0 radical (unpaired) electrons. The first-order valence-corrected chi connectivity index (χ1v) is 8.32. The molecular weight excluding hydrogens is 280 g/mol. The average molecular weight is 302 g/mol. The number of para-hydroxylation sites is 1. The normalized spacial score (nSPS) is 20.7. The fourth-order valence-corrected chi connectivity index (χ4v) is 3.91. The van der Waals surface area contributed by atoms with E-state index in [2.05, 4.69) is 78.6 Å². The second-order valence-corrected chi connectivity index (χ2v) is 6.73. The molecule has 4 rings (SSSR count). The average Bonchev–Trinajstić information content (AvgIpc) is 2.60. The molecule has 1 heterocycles. The third-order valence-electron chi connectivity index (χ3n) is 5.18. The summed E-state index contributed by atoms with van der Waals surface area (Å²) in [5.74, 6) is 0.445. The molecule has 0 bridgehead atoms. The number of benzene rings is 2. The van der Waals surface area contributed by atoms with Crippen LogP contribution in [0.1, 0.15) is 29.0 Å². The molecule has 0 N–H and O–H groups in total. The van der Waals surface area contributed by atoms with Crippen LogP contribution in [0.5, 0.6) is 0 Å². The molecule has 2 atom stereocenters. The lowest BCUT2D eigenvalue weighted by atomic mass is 9.75. The second-order valence-electron chi connectivity index (χ2n) is 6.73. The highest BCUT2D eigenvalue weighted by Crippen LogP contribution is 2.40. The molecule has 0 aliphatic heterocycles. The third kappa shape index (κ3) is 2.53. The topological polar surface area (TPSA) is 16.1 Å². The van der Waals surface area contributed by atoms with Gasteiger partial charge in [0, 0.05) is 23.5 Å². The summed E-state index contributed by atoms with van der Waals surface area (Å²) >= 11 is 0. The molecular formula is C21H22N2. The molecule has 2 nitrogen and oxygen atoms in total. The maximum absolute atomic E-state index is 4.54. The van der Waals surface area contributed by atoms with Crippen molar-refractivity contribution in [3.8, 4) is 0 Å². The fraction of sp³-hybridized carbons (Fsp3) is 0.286. The van der Waals surface area contributed by atoms with E-state index in [9.17, 15) is 0 Å². The van der Waals surface area contributed by atoms with Gasteiger partial charge in [-0.25, -0.2) is 0 Å². The third-order valence-corrected chi connectivity index (χ3v) is 5.18. The lowest BCUT2D eigenvalue weighted by molar-refractivity contribution is 0.259. The van der Waals surface area contributed by atoms with Crippen molar-refractivity contribution in [2.75, 3.05) is 14.1 Å². The van der Waals surface area contributed by atoms with Crippen molar-refractivity contribution in [3.63, 3.8) is 0 Å². The molecule has 2 heteroatoms. The van der Waals surface area contributed by atoms with Crippen LogP contribution in [-0.2, 0) is 6.42 Å². The molecule has 23 heavy (non-hydrogen) atoms. The summed E-state index contributed by atoms with van der Waals surface area (Å²) < 4.78 is 0. The van der Waals surface area contributed by atoms with Crippen molar-refractivity contribution >= 4 is 10.9 Å². The maximum atomic E-state index is 4.54. The van der Waals surface area contributed by atoms with Gasteiger partial charge in [-0.3, -0.25) is 4.98 Å². The number of nitrogens with zero attached hydrogens (tertiary/aromatic N) is 2. The SMILES string of the molecule is CN(C)C1Cc2ccccc2C(c2ccnc3ccccc23)C1. The summed E-state index contributed by atoms with van der Waals surface area (Å²) in [5, 5.41) is 1.29.